The Morgan fingerprint density at radius 1 is 1.03 bits per heavy atom. The van der Waals surface area contributed by atoms with Crippen molar-refractivity contribution < 1.29 is 14.4 Å². The molecule has 7 heteroatoms. The lowest BCUT2D eigenvalue weighted by atomic mass is 9.90. The molecule has 1 aromatic heterocycles. The SMILES string of the molecule is C[C@H](NC(=O)[C@@H]1Cc2c([nH]c3ccccc23)C2c3ccccc3C(=O)N21)C(=O)NC1CCCCC1. The van der Waals surface area contributed by atoms with E-state index in [4.69, 9.17) is 0 Å². The number of carbonyl (C=O) groups is 3. The van der Waals surface area contributed by atoms with Crippen molar-refractivity contribution >= 4 is 28.6 Å². The lowest BCUT2D eigenvalue weighted by Gasteiger charge is -2.37. The van der Waals surface area contributed by atoms with Crippen LogP contribution in [0.1, 0.15) is 72.2 Å². The molecule has 3 N–H and O–H groups in total. The molecule has 1 saturated carbocycles. The topological polar surface area (TPSA) is 94.3 Å². The highest BCUT2D eigenvalue weighted by atomic mass is 16.2. The quantitative estimate of drug-likeness (QED) is 0.544. The van der Waals surface area contributed by atoms with E-state index < -0.39 is 12.1 Å². The third-order valence-electron chi connectivity index (χ3n) is 7.86. The number of nitrogens with zero attached hydrogens (tertiary/aromatic N) is 1. The van der Waals surface area contributed by atoms with Gasteiger partial charge in [0.15, 0.2) is 0 Å². The lowest BCUT2D eigenvalue weighted by Crippen LogP contribution is -2.56. The number of aromatic amines is 1. The molecule has 35 heavy (non-hydrogen) atoms. The van der Waals surface area contributed by atoms with Gasteiger partial charge in [-0.1, -0.05) is 55.7 Å². The molecule has 2 aromatic carbocycles. The number of rotatable bonds is 4. The number of H-pyrrole nitrogens is 1. The van der Waals surface area contributed by atoms with Gasteiger partial charge < -0.3 is 20.5 Å². The fraction of sp³-hybridized carbons (Fsp3) is 0.393. The van der Waals surface area contributed by atoms with E-state index in [-0.39, 0.29) is 29.8 Å². The van der Waals surface area contributed by atoms with Crippen molar-refractivity contribution in [2.24, 2.45) is 0 Å². The molecule has 7 nitrogen and oxygen atoms in total. The van der Waals surface area contributed by atoms with Crippen molar-refractivity contribution in [3.8, 4) is 0 Å². The van der Waals surface area contributed by atoms with Crippen LogP contribution < -0.4 is 10.6 Å². The summed E-state index contributed by atoms with van der Waals surface area (Å²) in [6.45, 7) is 1.72. The van der Waals surface area contributed by atoms with Gasteiger partial charge in [-0.15, -0.1) is 0 Å². The van der Waals surface area contributed by atoms with Gasteiger partial charge in [0.1, 0.15) is 12.1 Å². The van der Waals surface area contributed by atoms with Crippen LogP contribution in [-0.4, -0.2) is 45.7 Å². The molecule has 0 radical (unpaired) electrons. The Hall–Kier alpha value is -3.61. The minimum Gasteiger partial charge on any atom is -0.356 e. The second-order valence-corrected chi connectivity index (χ2v) is 10.1. The van der Waals surface area contributed by atoms with E-state index in [9.17, 15) is 14.4 Å². The minimum atomic E-state index is -0.698. The van der Waals surface area contributed by atoms with E-state index in [1.165, 1.54) is 6.42 Å². The van der Waals surface area contributed by atoms with Gasteiger partial charge in [0.25, 0.3) is 5.91 Å². The molecule has 0 bridgehead atoms. The molecule has 2 aliphatic heterocycles. The van der Waals surface area contributed by atoms with E-state index in [1.54, 1.807) is 11.8 Å². The molecule has 1 unspecified atom stereocenters. The summed E-state index contributed by atoms with van der Waals surface area (Å²) in [6.07, 6.45) is 5.84. The number of hydrogen-bond donors (Lipinski definition) is 3. The van der Waals surface area contributed by atoms with Crippen LogP contribution in [0.3, 0.4) is 0 Å². The van der Waals surface area contributed by atoms with Gasteiger partial charge in [-0.25, -0.2) is 0 Å². The summed E-state index contributed by atoms with van der Waals surface area (Å²) in [6, 6.07) is 14.1. The maximum Gasteiger partial charge on any atom is 0.255 e. The first-order valence-electron chi connectivity index (χ1n) is 12.6. The molecule has 0 spiro atoms. The fourth-order valence-electron chi connectivity index (χ4n) is 6.09. The third-order valence-corrected chi connectivity index (χ3v) is 7.86. The first kappa shape index (κ1) is 21.9. The van der Waals surface area contributed by atoms with Crippen LogP contribution in [0.15, 0.2) is 48.5 Å². The first-order valence-corrected chi connectivity index (χ1v) is 12.6. The Morgan fingerprint density at radius 2 is 1.77 bits per heavy atom. The molecular weight excluding hydrogens is 440 g/mol. The minimum absolute atomic E-state index is 0.144. The predicted octanol–water partition coefficient (Wildman–Crippen LogP) is 3.59. The smallest absolute Gasteiger partial charge is 0.255 e. The maximum absolute atomic E-state index is 13.6. The van der Waals surface area contributed by atoms with Gasteiger partial charge in [-0.2, -0.15) is 0 Å². The van der Waals surface area contributed by atoms with Crippen molar-refractivity contribution in [1.82, 2.24) is 20.5 Å². The highest BCUT2D eigenvalue weighted by Crippen LogP contribution is 2.46. The number of aromatic nitrogens is 1. The van der Waals surface area contributed by atoms with Crippen molar-refractivity contribution in [3.05, 3.63) is 70.9 Å². The molecular formula is C28H30N4O3. The maximum atomic E-state index is 13.6. The summed E-state index contributed by atoms with van der Waals surface area (Å²) < 4.78 is 0. The number of para-hydroxylation sites is 1. The van der Waals surface area contributed by atoms with Crippen molar-refractivity contribution in [2.75, 3.05) is 0 Å². The van der Waals surface area contributed by atoms with Gasteiger partial charge in [0.2, 0.25) is 11.8 Å². The number of amides is 3. The zero-order valence-electron chi connectivity index (χ0n) is 19.8. The highest BCUT2D eigenvalue weighted by Gasteiger charge is 2.49. The summed E-state index contributed by atoms with van der Waals surface area (Å²) in [5.41, 5.74) is 4.56. The van der Waals surface area contributed by atoms with Crippen molar-refractivity contribution in [3.63, 3.8) is 0 Å². The second kappa shape index (κ2) is 8.56. The molecule has 180 valence electrons. The number of fused-ring (bicyclic) bond motifs is 7. The zero-order valence-corrected chi connectivity index (χ0v) is 19.8. The van der Waals surface area contributed by atoms with Crippen LogP contribution in [0.2, 0.25) is 0 Å². The van der Waals surface area contributed by atoms with Gasteiger partial charge >= 0.3 is 0 Å². The van der Waals surface area contributed by atoms with Crippen molar-refractivity contribution in [1.29, 1.82) is 0 Å². The fourth-order valence-corrected chi connectivity index (χ4v) is 6.09. The Morgan fingerprint density at radius 3 is 2.60 bits per heavy atom. The predicted molar refractivity (Wildman–Crippen MR) is 133 cm³/mol. The van der Waals surface area contributed by atoms with Gasteiger partial charge in [0.05, 0.1) is 6.04 Å². The summed E-state index contributed by atoms with van der Waals surface area (Å²) >= 11 is 0. The lowest BCUT2D eigenvalue weighted by molar-refractivity contribution is -0.132. The zero-order chi connectivity index (χ0) is 24.1. The van der Waals surface area contributed by atoms with Crippen molar-refractivity contribution in [2.45, 2.75) is 69.6 Å². The number of hydrogen-bond acceptors (Lipinski definition) is 3. The van der Waals surface area contributed by atoms with Crippen LogP contribution in [0.25, 0.3) is 10.9 Å². The normalized spacial score (nSPS) is 22.3. The van der Waals surface area contributed by atoms with E-state index in [0.717, 1.165) is 53.4 Å². The molecule has 1 fully saturated rings. The summed E-state index contributed by atoms with van der Waals surface area (Å²) in [5, 5.41) is 7.08. The number of carbonyl (C=O) groups excluding carboxylic acids is 3. The monoisotopic (exact) mass is 470 g/mol. The van der Waals surface area contributed by atoms with Crippen LogP contribution in [0.5, 0.6) is 0 Å². The molecule has 3 atom stereocenters. The van der Waals surface area contributed by atoms with Crippen LogP contribution in [0, 0.1) is 0 Å². The van der Waals surface area contributed by atoms with E-state index in [0.29, 0.717) is 12.0 Å². The molecule has 3 aromatic rings. The molecule has 3 aliphatic rings. The summed E-state index contributed by atoms with van der Waals surface area (Å²) in [5.74, 6) is -0.603. The number of nitrogens with one attached hydrogen (secondary N) is 3. The first-order chi connectivity index (χ1) is 17.0. The average Bonchev–Trinajstić information content (AvgIpc) is 3.40. The highest BCUT2D eigenvalue weighted by molar-refractivity contribution is 6.04. The Balaban J connectivity index is 1.31. The Bertz CT molecular complexity index is 1320. The van der Waals surface area contributed by atoms with E-state index in [1.807, 2.05) is 42.5 Å². The molecule has 0 saturated heterocycles. The second-order valence-electron chi connectivity index (χ2n) is 10.1. The average molecular weight is 471 g/mol. The number of benzene rings is 2. The van der Waals surface area contributed by atoms with Gasteiger partial charge in [-0.3, -0.25) is 14.4 Å². The third kappa shape index (κ3) is 3.61. The largest absolute Gasteiger partial charge is 0.356 e. The van der Waals surface area contributed by atoms with Crippen LogP contribution >= 0.6 is 0 Å². The summed E-state index contributed by atoms with van der Waals surface area (Å²) in [7, 11) is 0. The van der Waals surface area contributed by atoms with E-state index >= 15 is 0 Å². The van der Waals surface area contributed by atoms with Crippen LogP contribution in [-0.2, 0) is 16.0 Å². The Kier molecular flexibility index (Phi) is 5.35. The van der Waals surface area contributed by atoms with Crippen LogP contribution in [0.4, 0.5) is 0 Å². The standard InChI is InChI=1S/C28H30N4O3/c1-16(26(33)30-17-9-3-2-4-10-17)29-27(34)23-15-21-18-11-7-8-14-22(18)31-24(21)25-19-12-5-6-13-20(19)28(35)32(23)25/h5-8,11-14,16-17,23,25,31H,2-4,9-10,15H2,1H3,(H,29,34)(H,30,33)/t16-,23-,25?/m0/s1. The molecule has 3 amide bonds. The van der Waals surface area contributed by atoms with Gasteiger partial charge in [-0.05, 0) is 43.0 Å². The molecule has 1 aliphatic carbocycles. The molecule has 3 heterocycles. The summed E-state index contributed by atoms with van der Waals surface area (Å²) in [4.78, 5) is 45.2. The molecule has 6 rings (SSSR count). The Labute approximate surface area is 204 Å². The van der Waals surface area contributed by atoms with E-state index in [2.05, 4.69) is 21.7 Å². The van der Waals surface area contributed by atoms with Gasteiger partial charge in [0, 0.05) is 34.6 Å².